The van der Waals surface area contributed by atoms with Crippen LogP contribution in [0.25, 0.3) is 10.8 Å². The molecule has 1 unspecified atom stereocenters. The largest absolute Gasteiger partial charge is 0.481 e. The SMILES string of the molecule is CC.CC(C)C.COc1cc2c(CCC(C#N)NC=O)cncc2cn1.C[C@H]1CN(C(=O)CNC(=O)C(F)(F)F)CC1(C)C. The molecule has 2 atom stereocenters. The van der Waals surface area contributed by atoms with E-state index >= 15 is 0 Å². The monoisotopic (exact) mass is 624 g/mol. The zero-order valence-corrected chi connectivity index (χ0v) is 27.2. The van der Waals surface area contributed by atoms with Crippen LogP contribution in [-0.2, 0) is 20.8 Å². The van der Waals surface area contributed by atoms with Crippen molar-refractivity contribution in [3.05, 3.63) is 30.2 Å². The maximum Gasteiger partial charge on any atom is 0.471 e. The summed E-state index contributed by atoms with van der Waals surface area (Å²) in [4.78, 5) is 42.4. The number of fused-ring (bicyclic) bond motifs is 1. The molecule has 1 fully saturated rings. The van der Waals surface area contributed by atoms with E-state index in [1.165, 1.54) is 4.90 Å². The van der Waals surface area contributed by atoms with Gasteiger partial charge in [0.25, 0.3) is 0 Å². The van der Waals surface area contributed by atoms with Crippen molar-refractivity contribution in [1.29, 1.82) is 5.26 Å². The molecule has 1 aliphatic heterocycles. The number of likely N-dealkylation sites (tertiary alicyclic amines) is 1. The number of nitrogens with zero attached hydrogens (tertiary/aromatic N) is 4. The Morgan fingerprint density at radius 1 is 1.23 bits per heavy atom. The molecule has 0 aromatic carbocycles. The lowest BCUT2D eigenvalue weighted by molar-refractivity contribution is -0.174. The molecule has 10 nitrogen and oxygen atoms in total. The van der Waals surface area contributed by atoms with Crippen molar-refractivity contribution in [2.45, 2.75) is 80.4 Å². The quantitative estimate of drug-likeness (QED) is 0.392. The second-order valence-corrected chi connectivity index (χ2v) is 11.3. The van der Waals surface area contributed by atoms with Crippen LogP contribution in [0.2, 0.25) is 0 Å². The first-order valence-corrected chi connectivity index (χ1v) is 14.5. The van der Waals surface area contributed by atoms with Crippen LogP contribution in [0.3, 0.4) is 0 Å². The number of aromatic nitrogens is 2. The average Bonchev–Trinajstić information content (AvgIpc) is 3.25. The van der Waals surface area contributed by atoms with Crippen LogP contribution in [0.1, 0.15) is 67.4 Å². The van der Waals surface area contributed by atoms with E-state index in [9.17, 15) is 27.6 Å². The fourth-order valence-electron chi connectivity index (χ4n) is 3.83. The Morgan fingerprint density at radius 2 is 1.84 bits per heavy atom. The standard InChI is InChI=1S/C14H14N4O2.C11H17F3N2O2.C4H10.C2H6/c1-20-14-4-13-10(2-3-12(5-15)18-9-19)6-16-7-11(13)8-17-14;1-7-5-16(6-10(7,2)3)8(17)4-15-9(18)11(12,13)14;1-4(2)3;1-2/h4,6-9,12H,2-3H2,1H3,(H,18,19);7H,4-6H2,1-3H3,(H,15,18);4H,1-3H3;1-2H3/t;7-;;/m.0../s1. The van der Waals surface area contributed by atoms with E-state index in [-0.39, 0.29) is 11.3 Å². The number of halogens is 3. The number of hydrogen-bond acceptors (Lipinski definition) is 7. The van der Waals surface area contributed by atoms with E-state index in [4.69, 9.17) is 10.00 Å². The molecule has 2 aromatic heterocycles. The summed E-state index contributed by atoms with van der Waals surface area (Å²) in [6, 6.07) is 3.40. The second-order valence-electron chi connectivity index (χ2n) is 11.3. The van der Waals surface area contributed by atoms with E-state index in [0.29, 0.717) is 38.2 Å². The van der Waals surface area contributed by atoms with Crippen LogP contribution in [0.5, 0.6) is 5.88 Å². The van der Waals surface area contributed by atoms with Gasteiger partial charge in [-0.05, 0) is 41.0 Å². The minimum Gasteiger partial charge on any atom is -0.481 e. The number of amides is 3. The van der Waals surface area contributed by atoms with Gasteiger partial charge in [-0.2, -0.15) is 18.4 Å². The van der Waals surface area contributed by atoms with Gasteiger partial charge in [-0.25, -0.2) is 4.98 Å². The number of methoxy groups -OCH3 is 1. The van der Waals surface area contributed by atoms with Crippen LogP contribution in [0.4, 0.5) is 13.2 Å². The summed E-state index contributed by atoms with van der Waals surface area (Å²) in [7, 11) is 1.56. The Bertz CT molecular complexity index is 1230. The molecular formula is C31H47F3N6O4. The predicted octanol–water partition coefficient (Wildman–Crippen LogP) is 5.07. The van der Waals surface area contributed by atoms with Gasteiger partial charge < -0.3 is 20.3 Å². The van der Waals surface area contributed by atoms with Gasteiger partial charge >= 0.3 is 12.1 Å². The van der Waals surface area contributed by atoms with Gasteiger partial charge in [-0.3, -0.25) is 19.4 Å². The lowest BCUT2D eigenvalue weighted by Crippen LogP contribution is -2.44. The molecular weight excluding hydrogens is 577 g/mol. The number of alkyl halides is 3. The highest BCUT2D eigenvalue weighted by atomic mass is 19.4. The van der Waals surface area contributed by atoms with Gasteiger partial charge in [0.2, 0.25) is 18.2 Å². The summed E-state index contributed by atoms with van der Waals surface area (Å²) >= 11 is 0. The molecule has 3 rings (SSSR count). The average molecular weight is 625 g/mol. The molecule has 3 amide bonds. The minimum atomic E-state index is -4.95. The van der Waals surface area contributed by atoms with Gasteiger partial charge in [0.05, 0.1) is 19.7 Å². The number of ether oxygens (including phenoxy) is 1. The highest BCUT2D eigenvalue weighted by Gasteiger charge is 2.41. The molecule has 2 aromatic rings. The van der Waals surface area contributed by atoms with E-state index < -0.39 is 30.6 Å². The van der Waals surface area contributed by atoms with Crippen molar-refractivity contribution < 1.29 is 32.3 Å². The number of carbonyl (C=O) groups is 3. The second kappa shape index (κ2) is 19.4. The third kappa shape index (κ3) is 14.0. The van der Waals surface area contributed by atoms with Crippen molar-refractivity contribution >= 4 is 29.0 Å². The Hall–Kier alpha value is -3.95. The van der Waals surface area contributed by atoms with Gasteiger partial charge in [-0.15, -0.1) is 0 Å². The molecule has 2 N–H and O–H groups in total. The summed E-state index contributed by atoms with van der Waals surface area (Å²) < 4.78 is 40.9. The fraction of sp³-hybridized carbons (Fsp3) is 0.613. The topological polar surface area (TPSA) is 137 Å². The third-order valence-electron chi connectivity index (χ3n) is 6.47. The van der Waals surface area contributed by atoms with Gasteiger partial charge in [0, 0.05) is 43.1 Å². The van der Waals surface area contributed by atoms with E-state index in [2.05, 4.69) is 36.1 Å². The van der Waals surface area contributed by atoms with Gasteiger partial charge in [0.1, 0.15) is 6.04 Å². The number of aryl methyl sites for hydroxylation is 1. The molecule has 1 saturated heterocycles. The van der Waals surface area contributed by atoms with E-state index in [0.717, 1.165) is 22.3 Å². The minimum absolute atomic E-state index is 0.0519. The molecule has 0 bridgehead atoms. The maximum absolute atomic E-state index is 11.9. The zero-order valence-electron chi connectivity index (χ0n) is 27.2. The van der Waals surface area contributed by atoms with Crippen LogP contribution in [0, 0.1) is 28.6 Å². The first-order valence-electron chi connectivity index (χ1n) is 14.5. The molecule has 1 aliphatic rings. The first-order chi connectivity index (χ1) is 20.5. The van der Waals surface area contributed by atoms with Gasteiger partial charge in [-0.1, -0.05) is 55.4 Å². The molecule has 13 heteroatoms. The Labute approximate surface area is 258 Å². The van der Waals surface area contributed by atoms with E-state index in [1.807, 2.05) is 46.8 Å². The van der Waals surface area contributed by atoms with Crippen LogP contribution < -0.4 is 15.4 Å². The molecule has 3 heterocycles. The highest BCUT2D eigenvalue weighted by molar-refractivity contribution is 5.87. The third-order valence-corrected chi connectivity index (χ3v) is 6.47. The summed E-state index contributed by atoms with van der Waals surface area (Å²) in [5.74, 6) is -0.917. The number of pyridine rings is 2. The van der Waals surface area contributed by atoms with Crippen LogP contribution in [0.15, 0.2) is 24.7 Å². The fourth-order valence-corrected chi connectivity index (χ4v) is 3.83. The van der Waals surface area contributed by atoms with E-state index in [1.54, 1.807) is 31.0 Å². The first kappa shape index (κ1) is 40.1. The summed E-state index contributed by atoms with van der Waals surface area (Å²) in [6.45, 7) is 16.9. The molecule has 44 heavy (non-hydrogen) atoms. The number of nitrogens with one attached hydrogen (secondary N) is 2. The smallest absolute Gasteiger partial charge is 0.471 e. The van der Waals surface area contributed by atoms with Crippen molar-refractivity contribution in [1.82, 2.24) is 25.5 Å². The summed E-state index contributed by atoms with van der Waals surface area (Å²) in [6.07, 6.45) is 1.96. The number of carbonyl (C=O) groups excluding carboxylic acids is 3. The predicted molar refractivity (Wildman–Crippen MR) is 163 cm³/mol. The normalized spacial score (nSPS) is 15.6. The summed E-state index contributed by atoms with van der Waals surface area (Å²) in [5, 5.41) is 14.9. The van der Waals surface area contributed by atoms with Crippen LogP contribution >= 0.6 is 0 Å². The lowest BCUT2D eigenvalue weighted by atomic mass is 9.84. The van der Waals surface area contributed by atoms with Crippen LogP contribution in [-0.4, -0.2) is 72.1 Å². The highest BCUT2D eigenvalue weighted by Crippen LogP contribution is 2.34. The molecule has 246 valence electrons. The number of rotatable bonds is 8. The van der Waals surface area contributed by atoms with Crippen molar-refractivity contribution in [3.63, 3.8) is 0 Å². The number of nitriles is 1. The molecule has 0 aliphatic carbocycles. The molecule has 0 spiro atoms. The maximum atomic E-state index is 11.9. The Morgan fingerprint density at radius 3 is 2.32 bits per heavy atom. The van der Waals surface area contributed by atoms with Gasteiger partial charge in [0.15, 0.2) is 0 Å². The van der Waals surface area contributed by atoms with Crippen molar-refractivity contribution in [3.8, 4) is 11.9 Å². The zero-order chi connectivity index (χ0) is 34.1. The van der Waals surface area contributed by atoms with Crippen molar-refractivity contribution in [2.75, 3.05) is 26.7 Å². The number of hydrogen-bond donors (Lipinski definition) is 2. The Kier molecular flexibility index (Phi) is 17.6. The van der Waals surface area contributed by atoms with Crippen molar-refractivity contribution in [2.24, 2.45) is 17.3 Å². The Balaban J connectivity index is 0.000000716. The lowest BCUT2D eigenvalue weighted by Gasteiger charge is -2.22. The summed E-state index contributed by atoms with van der Waals surface area (Å²) in [5.41, 5.74) is 0.945. The molecule has 0 saturated carbocycles. The molecule has 0 radical (unpaired) electrons.